The zero-order valence-corrected chi connectivity index (χ0v) is 12.4. The van der Waals surface area contributed by atoms with Gasteiger partial charge in [0.1, 0.15) is 5.75 Å². The van der Waals surface area contributed by atoms with Crippen molar-refractivity contribution in [1.82, 2.24) is 14.3 Å². The third-order valence-electron chi connectivity index (χ3n) is 3.80. The Balaban J connectivity index is 1.89. The van der Waals surface area contributed by atoms with Crippen molar-refractivity contribution in [2.45, 2.75) is 25.8 Å². The number of aromatic nitrogens is 3. The summed E-state index contributed by atoms with van der Waals surface area (Å²) in [7, 11) is 1.65. The molecule has 0 bridgehead atoms. The molecule has 3 rings (SSSR count). The summed E-state index contributed by atoms with van der Waals surface area (Å²) in [6.07, 6.45) is 4.90. The average molecular weight is 309 g/mol. The van der Waals surface area contributed by atoms with E-state index in [9.17, 15) is 13.6 Å². The summed E-state index contributed by atoms with van der Waals surface area (Å²) in [6, 6.07) is 1.42. The molecule has 0 radical (unpaired) electrons. The predicted molar refractivity (Wildman–Crippen MR) is 77.1 cm³/mol. The fourth-order valence-corrected chi connectivity index (χ4v) is 2.40. The van der Waals surface area contributed by atoms with Crippen LogP contribution in [0, 0.1) is 5.92 Å². The van der Waals surface area contributed by atoms with E-state index < -0.39 is 11.8 Å². The zero-order valence-electron chi connectivity index (χ0n) is 12.4. The molecule has 0 amide bonds. The Hall–Kier alpha value is -2.18. The van der Waals surface area contributed by atoms with Gasteiger partial charge in [0.2, 0.25) is 0 Å². The van der Waals surface area contributed by atoms with Gasteiger partial charge in [-0.2, -0.15) is 5.10 Å². The second-order valence-corrected chi connectivity index (χ2v) is 5.55. The summed E-state index contributed by atoms with van der Waals surface area (Å²) in [5.41, 5.74) is 1.29. The van der Waals surface area contributed by atoms with Crippen LogP contribution in [0.3, 0.4) is 0 Å². The van der Waals surface area contributed by atoms with Gasteiger partial charge >= 0.3 is 0 Å². The van der Waals surface area contributed by atoms with Gasteiger partial charge in [0, 0.05) is 55.5 Å². The Morgan fingerprint density at radius 1 is 1.45 bits per heavy atom. The molecular formula is C15H17F2N3O2. The van der Waals surface area contributed by atoms with Crippen LogP contribution in [0.15, 0.2) is 29.5 Å². The Morgan fingerprint density at radius 3 is 2.82 bits per heavy atom. The van der Waals surface area contributed by atoms with Gasteiger partial charge in [0.25, 0.3) is 11.5 Å². The van der Waals surface area contributed by atoms with Crippen molar-refractivity contribution in [2.75, 3.05) is 6.61 Å². The van der Waals surface area contributed by atoms with Crippen LogP contribution < -0.4 is 10.3 Å². The molecule has 22 heavy (non-hydrogen) atoms. The minimum Gasteiger partial charge on any atom is -0.493 e. The molecule has 2 heterocycles. The van der Waals surface area contributed by atoms with E-state index in [-0.39, 0.29) is 18.5 Å². The molecule has 1 aliphatic carbocycles. The van der Waals surface area contributed by atoms with Crippen LogP contribution in [0.5, 0.6) is 5.75 Å². The second-order valence-electron chi connectivity index (χ2n) is 5.55. The van der Waals surface area contributed by atoms with E-state index in [0.717, 1.165) is 11.1 Å². The lowest BCUT2D eigenvalue weighted by Gasteiger charge is -2.10. The van der Waals surface area contributed by atoms with Crippen LogP contribution in [-0.4, -0.2) is 26.9 Å². The molecule has 5 nitrogen and oxygen atoms in total. The highest BCUT2D eigenvalue weighted by molar-refractivity contribution is 5.68. The summed E-state index contributed by atoms with van der Waals surface area (Å²) in [6.45, 7) is 2.46. The van der Waals surface area contributed by atoms with Crippen molar-refractivity contribution in [3.63, 3.8) is 0 Å². The Morgan fingerprint density at radius 2 is 2.18 bits per heavy atom. The van der Waals surface area contributed by atoms with E-state index >= 15 is 0 Å². The normalized spacial score (nSPS) is 19.2. The number of hydrogen-bond acceptors (Lipinski definition) is 3. The molecule has 118 valence electrons. The molecule has 2 aromatic rings. The number of rotatable bonds is 5. The fourth-order valence-electron chi connectivity index (χ4n) is 2.40. The van der Waals surface area contributed by atoms with Gasteiger partial charge in [-0.3, -0.25) is 9.48 Å². The topological polar surface area (TPSA) is 49.1 Å². The number of nitrogens with zero attached hydrogens (tertiary/aromatic N) is 3. The smallest absolute Gasteiger partial charge is 0.254 e. The number of aryl methyl sites for hydroxylation is 1. The lowest BCUT2D eigenvalue weighted by molar-refractivity contribution is 0.0942. The highest BCUT2D eigenvalue weighted by atomic mass is 19.3. The van der Waals surface area contributed by atoms with Crippen LogP contribution in [0.4, 0.5) is 8.78 Å². The number of alkyl halides is 2. The Bertz CT molecular complexity index is 751. The van der Waals surface area contributed by atoms with Crippen molar-refractivity contribution in [3.8, 4) is 16.9 Å². The Kier molecular flexibility index (Phi) is 3.50. The lowest BCUT2D eigenvalue weighted by Crippen LogP contribution is -2.15. The molecule has 1 fully saturated rings. The molecule has 0 spiro atoms. The third kappa shape index (κ3) is 2.75. The lowest BCUT2D eigenvalue weighted by atomic mass is 10.1. The molecule has 1 atom stereocenters. The molecule has 0 saturated heterocycles. The van der Waals surface area contributed by atoms with E-state index in [4.69, 9.17) is 4.74 Å². The van der Waals surface area contributed by atoms with E-state index in [0.29, 0.717) is 12.4 Å². The molecular weight excluding hydrogens is 292 g/mol. The number of ether oxygens (including phenoxy) is 1. The molecule has 7 heteroatoms. The van der Waals surface area contributed by atoms with Crippen molar-refractivity contribution < 1.29 is 13.5 Å². The van der Waals surface area contributed by atoms with Crippen LogP contribution >= 0.6 is 0 Å². The minimum atomic E-state index is -2.56. The zero-order chi connectivity index (χ0) is 15.9. The number of hydrogen-bond donors (Lipinski definition) is 0. The first-order chi connectivity index (χ1) is 10.4. The van der Waals surface area contributed by atoms with Crippen LogP contribution in [-0.2, 0) is 13.6 Å². The standard InChI is InChI=1S/C15H17F2N3O2/c1-3-22-13-4-14(21)19(2)9-12(13)10-6-18-20(7-10)8-11-5-15(11,16)17/h4,6-7,9,11H,3,5,8H2,1-2H3. The maximum absolute atomic E-state index is 13.0. The van der Waals surface area contributed by atoms with Gasteiger partial charge in [-0.05, 0) is 6.92 Å². The van der Waals surface area contributed by atoms with E-state index in [1.807, 2.05) is 6.92 Å². The van der Waals surface area contributed by atoms with Crippen molar-refractivity contribution in [1.29, 1.82) is 0 Å². The first kappa shape index (κ1) is 14.7. The first-order valence-corrected chi connectivity index (χ1v) is 7.15. The third-order valence-corrected chi connectivity index (χ3v) is 3.80. The second kappa shape index (κ2) is 5.23. The molecule has 0 aliphatic heterocycles. The molecule has 0 aromatic carbocycles. The monoisotopic (exact) mass is 309 g/mol. The van der Waals surface area contributed by atoms with Gasteiger partial charge in [0.15, 0.2) is 0 Å². The summed E-state index contributed by atoms with van der Waals surface area (Å²) in [5, 5.41) is 4.13. The summed E-state index contributed by atoms with van der Waals surface area (Å²) < 4.78 is 34.4. The van der Waals surface area contributed by atoms with Crippen LogP contribution in [0.2, 0.25) is 0 Å². The minimum absolute atomic E-state index is 0.0772. The van der Waals surface area contributed by atoms with Crippen molar-refractivity contribution >= 4 is 0 Å². The molecule has 0 N–H and O–H groups in total. The van der Waals surface area contributed by atoms with E-state index in [2.05, 4.69) is 5.10 Å². The SMILES string of the molecule is CCOc1cc(=O)n(C)cc1-c1cnn(CC2CC2(F)F)c1. The summed E-state index contributed by atoms with van der Waals surface area (Å²) in [5.74, 6) is -2.71. The van der Waals surface area contributed by atoms with Crippen LogP contribution in [0.25, 0.3) is 11.1 Å². The quantitative estimate of drug-likeness (QED) is 0.851. The number of pyridine rings is 1. The van der Waals surface area contributed by atoms with Gasteiger partial charge in [0.05, 0.1) is 12.8 Å². The van der Waals surface area contributed by atoms with Crippen molar-refractivity contribution in [3.05, 3.63) is 35.0 Å². The maximum Gasteiger partial charge on any atom is 0.254 e. The molecule has 1 unspecified atom stereocenters. The van der Waals surface area contributed by atoms with Gasteiger partial charge < -0.3 is 9.30 Å². The number of halogens is 2. The molecule has 2 aromatic heterocycles. The van der Waals surface area contributed by atoms with Gasteiger partial charge in [-0.1, -0.05) is 0 Å². The van der Waals surface area contributed by atoms with Gasteiger partial charge in [-0.15, -0.1) is 0 Å². The van der Waals surface area contributed by atoms with E-state index in [1.165, 1.54) is 15.3 Å². The largest absolute Gasteiger partial charge is 0.493 e. The maximum atomic E-state index is 13.0. The summed E-state index contributed by atoms with van der Waals surface area (Å²) in [4.78, 5) is 11.7. The first-order valence-electron chi connectivity index (χ1n) is 7.15. The summed E-state index contributed by atoms with van der Waals surface area (Å²) >= 11 is 0. The highest BCUT2D eigenvalue weighted by Gasteiger charge is 2.56. The van der Waals surface area contributed by atoms with Crippen molar-refractivity contribution in [2.24, 2.45) is 13.0 Å². The highest BCUT2D eigenvalue weighted by Crippen LogP contribution is 2.49. The van der Waals surface area contributed by atoms with Crippen LogP contribution in [0.1, 0.15) is 13.3 Å². The molecule has 1 aliphatic rings. The fraction of sp³-hybridized carbons (Fsp3) is 0.467. The van der Waals surface area contributed by atoms with E-state index in [1.54, 1.807) is 25.6 Å². The Labute approximate surface area is 126 Å². The average Bonchev–Trinajstić information content (AvgIpc) is 2.86. The predicted octanol–water partition coefficient (Wildman–Crippen LogP) is 2.30. The molecule has 1 saturated carbocycles. The van der Waals surface area contributed by atoms with Gasteiger partial charge in [-0.25, -0.2) is 8.78 Å².